The zero-order valence-corrected chi connectivity index (χ0v) is 17.7. The van der Waals surface area contributed by atoms with Gasteiger partial charge < -0.3 is 4.85 Å². The van der Waals surface area contributed by atoms with Crippen molar-refractivity contribution < 1.29 is 8.78 Å². The molecule has 0 saturated carbocycles. The van der Waals surface area contributed by atoms with Crippen LogP contribution in [0.3, 0.4) is 0 Å². The van der Waals surface area contributed by atoms with Gasteiger partial charge in [0, 0.05) is 32.8 Å². The Kier molecular flexibility index (Phi) is 4.81. The molecule has 166 valence electrons. The highest BCUT2D eigenvalue weighted by atomic mass is 19.1. The van der Waals surface area contributed by atoms with E-state index >= 15 is 0 Å². The van der Waals surface area contributed by atoms with Gasteiger partial charge in [-0.25, -0.2) is 18.6 Å². The molecule has 10 heteroatoms. The Morgan fingerprint density at radius 1 is 0.750 bits per heavy atom. The highest BCUT2D eigenvalue weighted by molar-refractivity contribution is 6.14. The van der Waals surface area contributed by atoms with Crippen molar-refractivity contribution in [2.24, 2.45) is 0 Å². The summed E-state index contributed by atoms with van der Waals surface area (Å²) >= 11 is 0. The maximum absolute atomic E-state index is 14.6. The maximum atomic E-state index is 14.6. The summed E-state index contributed by atoms with van der Waals surface area (Å²) in [6, 6.07) is 8.22. The first kappa shape index (κ1) is 22.0. The van der Waals surface area contributed by atoms with Gasteiger partial charge in [-0.2, -0.15) is 10.5 Å². The van der Waals surface area contributed by atoms with Crippen molar-refractivity contribution in [1.82, 2.24) is 9.97 Å². The number of pyridine rings is 2. The molecule has 0 unspecified atom stereocenters. The lowest BCUT2D eigenvalue weighted by Gasteiger charge is -2.01. The van der Waals surface area contributed by atoms with Crippen LogP contribution in [0.25, 0.3) is 53.5 Å². The number of fused-ring (bicyclic) bond motifs is 2. The Morgan fingerprint density at radius 3 is 2.00 bits per heavy atom. The second-order valence-corrected chi connectivity index (χ2v) is 7.59. The van der Waals surface area contributed by atoms with Gasteiger partial charge in [0.05, 0.1) is 23.9 Å². The van der Waals surface area contributed by atoms with E-state index in [0.717, 1.165) is 24.5 Å². The molecule has 5 rings (SSSR count). The molecule has 2 heterocycles. The van der Waals surface area contributed by atoms with Crippen molar-refractivity contribution >= 4 is 33.1 Å². The fraction of sp³-hybridized carbons (Fsp3) is 0. The average Bonchev–Trinajstić information content (AvgIpc) is 3.33. The second kappa shape index (κ2) is 7.88. The van der Waals surface area contributed by atoms with E-state index in [9.17, 15) is 23.6 Å². The summed E-state index contributed by atoms with van der Waals surface area (Å²) in [4.78, 5) is 40.3. The predicted octanol–water partition coefficient (Wildman–Crippen LogP) is 4.84. The van der Waals surface area contributed by atoms with Crippen molar-refractivity contribution in [3.05, 3.63) is 103 Å². The summed E-state index contributed by atoms with van der Waals surface area (Å²) in [5.74, 6) is -2.01. The standard InChI is InChI=1S/C26H6F2N6O2/c1-31-21-6-17(20(28)10-34-21)23-24(32-2)13-4-12-14(5-15(13)26(23)36)25(35)22(18(12)8-30)16-3-11(7-29)33-9-19(16)27/h3-6,9-10H. The smallest absolute Gasteiger partial charge is 0.270 e. The van der Waals surface area contributed by atoms with E-state index in [0.29, 0.717) is 0 Å². The molecule has 2 aromatic heterocycles. The van der Waals surface area contributed by atoms with Gasteiger partial charge >= 0.3 is 0 Å². The topological polar surface area (TPSA) is 116 Å². The van der Waals surface area contributed by atoms with Crippen molar-refractivity contribution in [2.75, 3.05) is 0 Å². The Morgan fingerprint density at radius 2 is 1.36 bits per heavy atom. The molecule has 0 radical (unpaired) electrons. The van der Waals surface area contributed by atoms with E-state index in [-0.39, 0.29) is 66.6 Å². The van der Waals surface area contributed by atoms with E-state index in [1.165, 1.54) is 12.1 Å². The van der Waals surface area contributed by atoms with Crippen LogP contribution in [-0.4, -0.2) is 9.97 Å². The number of nitrogens with zero attached hydrogens (tertiary/aromatic N) is 6. The van der Waals surface area contributed by atoms with Crippen LogP contribution in [0.4, 0.5) is 20.3 Å². The summed E-state index contributed by atoms with van der Waals surface area (Å²) in [5.41, 5.74) is -3.26. The minimum atomic E-state index is -0.922. The Bertz CT molecular complexity index is 1920. The van der Waals surface area contributed by atoms with E-state index < -0.39 is 22.5 Å². The number of nitriles is 2. The fourth-order valence-corrected chi connectivity index (χ4v) is 4.25. The fourth-order valence-electron chi connectivity index (χ4n) is 4.25. The number of hydrogen-bond donors (Lipinski definition) is 0. The lowest BCUT2D eigenvalue weighted by atomic mass is 10.0. The second-order valence-electron chi connectivity index (χ2n) is 7.59. The molecular formula is C26H6F2N6O2. The predicted molar refractivity (Wildman–Crippen MR) is 125 cm³/mol. The van der Waals surface area contributed by atoms with Crippen LogP contribution in [-0.2, 0) is 0 Å². The number of benzene rings is 1. The van der Waals surface area contributed by atoms with Crippen molar-refractivity contribution in [1.29, 1.82) is 10.5 Å². The third kappa shape index (κ3) is 2.93. The Labute approximate surface area is 199 Å². The Balaban J connectivity index is 1.91. The summed E-state index contributed by atoms with van der Waals surface area (Å²) < 4.78 is 29.2. The lowest BCUT2D eigenvalue weighted by molar-refractivity contribution is 0.624. The molecule has 3 aromatic carbocycles. The van der Waals surface area contributed by atoms with Gasteiger partial charge in [-0.05, 0) is 23.6 Å². The number of halogens is 2. The van der Waals surface area contributed by atoms with E-state index in [1.54, 1.807) is 6.07 Å². The van der Waals surface area contributed by atoms with Gasteiger partial charge in [0.1, 0.15) is 23.6 Å². The zero-order valence-electron chi connectivity index (χ0n) is 17.7. The van der Waals surface area contributed by atoms with E-state index in [2.05, 4.69) is 19.7 Å². The van der Waals surface area contributed by atoms with Gasteiger partial charge in [-0.1, -0.05) is 12.6 Å². The molecule has 36 heavy (non-hydrogen) atoms. The third-order valence-corrected chi connectivity index (χ3v) is 5.80. The molecule has 0 atom stereocenters. The first-order valence-electron chi connectivity index (χ1n) is 9.98. The first-order valence-corrected chi connectivity index (χ1v) is 9.98. The van der Waals surface area contributed by atoms with Crippen LogP contribution < -0.4 is 10.9 Å². The molecule has 0 aliphatic heterocycles. The third-order valence-electron chi connectivity index (χ3n) is 5.80. The van der Waals surface area contributed by atoms with E-state index in [4.69, 9.17) is 18.4 Å². The largest absolute Gasteiger partial charge is 0.361 e. The van der Waals surface area contributed by atoms with Gasteiger partial charge in [0.15, 0.2) is 22.9 Å². The van der Waals surface area contributed by atoms with Crippen LogP contribution in [0.5, 0.6) is 0 Å². The number of aromatic nitrogens is 2. The molecule has 0 N–H and O–H groups in total. The molecule has 0 bridgehead atoms. The van der Waals surface area contributed by atoms with Gasteiger partial charge in [-0.3, -0.25) is 9.59 Å². The monoisotopic (exact) mass is 472 g/mol. The lowest BCUT2D eigenvalue weighted by Crippen LogP contribution is -2.03. The highest BCUT2D eigenvalue weighted by Crippen LogP contribution is 2.41. The van der Waals surface area contributed by atoms with Crippen LogP contribution in [0.15, 0.2) is 46.2 Å². The number of hydrogen-bond acceptors (Lipinski definition) is 6. The summed E-state index contributed by atoms with van der Waals surface area (Å²) in [6.07, 6.45) is 1.54. The van der Waals surface area contributed by atoms with Crippen LogP contribution in [0.1, 0.15) is 11.3 Å². The van der Waals surface area contributed by atoms with Crippen molar-refractivity contribution in [3.8, 4) is 34.4 Å². The summed E-state index contributed by atoms with van der Waals surface area (Å²) in [5, 5.41) is 18.9. The molecule has 0 aliphatic rings. The minimum Gasteiger partial charge on any atom is -0.361 e. The average molecular weight is 472 g/mol. The molecule has 0 fully saturated rings. The molecule has 0 amide bonds. The zero-order chi connectivity index (χ0) is 25.7. The molecule has 0 aliphatic carbocycles. The maximum Gasteiger partial charge on any atom is 0.270 e. The number of rotatable bonds is 2. The van der Waals surface area contributed by atoms with E-state index in [1.807, 2.05) is 6.07 Å². The molecule has 0 saturated heterocycles. The normalized spacial score (nSPS) is 10.6. The van der Waals surface area contributed by atoms with Crippen molar-refractivity contribution in [2.45, 2.75) is 0 Å². The highest BCUT2D eigenvalue weighted by Gasteiger charge is 2.27. The Hall–Kier alpha value is -5.84. The molecular weight excluding hydrogens is 466 g/mol. The summed E-state index contributed by atoms with van der Waals surface area (Å²) in [7, 11) is 0. The first-order chi connectivity index (χ1) is 17.3. The van der Waals surface area contributed by atoms with Crippen LogP contribution in [0, 0.1) is 47.4 Å². The SMILES string of the molecule is [C-]#[N+]c1cc(-c2c([N+]#[C-])c3cc4c(C#N)c(-c5cc(C#N)ncc5F)c(=O)c4cc3c2=O)c(F)cn1. The van der Waals surface area contributed by atoms with Crippen molar-refractivity contribution in [3.63, 3.8) is 0 Å². The van der Waals surface area contributed by atoms with Crippen LogP contribution >= 0.6 is 0 Å². The van der Waals surface area contributed by atoms with Gasteiger partial charge in [0.2, 0.25) is 5.69 Å². The van der Waals surface area contributed by atoms with Crippen LogP contribution in [0.2, 0.25) is 0 Å². The minimum absolute atomic E-state index is 0.0678. The van der Waals surface area contributed by atoms with Gasteiger partial charge in [0.25, 0.3) is 5.82 Å². The van der Waals surface area contributed by atoms with Gasteiger partial charge in [-0.15, -0.1) is 4.98 Å². The quantitative estimate of drug-likeness (QED) is 0.340. The molecule has 5 aromatic rings. The molecule has 0 spiro atoms. The molecule has 8 nitrogen and oxygen atoms in total. The summed E-state index contributed by atoms with van der Waals surface area (Å²) in [6.45, 7) is 14.7.